The average molecular weight is 229 g/mol. The van der Waals surface area contributed by atoms with Crippen LogP contribution >= 0.6 is 27.7 Å². The molecule has 1 amide bonds. The van der Waals surface area contributed by atoms with E-state index in [9.17, 15) is 4.79 Å². The Morgan fingerprint density at radius 1 is 1.45 bits per heavy atom. The van der Waals surface area contributed by atoms with E-state index in [0.29, 0.717) is 0 Å². The summed E-state index contributed by atoms with van der Waals surface area (Å²) in [5.41, 5.74) is 0.773. The minimum atomic E-state index is -0.127. The molecule has 0 aliphatic carbocycles. The van der Waals surface area contributed by atoms with Gasteiger partial charge < -0.3 is 0 Å². The van der Waals surface area contributed by atoms with Gasteiger partial charge in [-0.05, 0) is 30.0 Å². The lowest BCUT2D eigenvalue weighted by atomic mass is 10.3. The lowest BCUT2D eigenvalue weighted by Crippen LogP contribution is -1.93. The molecule has 2 rings (SSSR count). The van der Waals surface area contributed by atoms with Crippen molar-refractivity contribution in [2.75, 3.05) is 0 Å². The number of hydrogen-bond acceptors (Lipinski definition) is 2. The lowest BCUT2D eigenvalue weighted by Gasteiger charge is -1.93. The van der Waals surface area contributed by atoms with Gasteiger partial charge in [-0.1, -0.05) is 15.9 Å². The predicted molar refractivity (Wildman–Crippen MR) is 47.2 cm³/mol. The second-order valence-electron chi connectivity index (χ2n) is 2.09. The van der Waals surface area contributed by atoms with Crippen LogP contribution in [-0.2, 0) is 0 Å². The average Bonchev–Trinajstić information content (AvgIpc) is 2.27. The Morgan fingerprint density at radius 2 is 2.27 bits per heavy atom. The molecule has 1 aromatic rings. The number of thioether (sulfide) groups is 1. The fraction of sp³-hybridized carbons (Fsp3) is 0. The number of hydrogen-bond donors (Lipinski definition) is 0. The van der Waals surface area contributed by atoms with Crippen molar-refractivity contribution in [1.29, 1.82) is 0 Å². The van der Waals surface area contributed by atoms with Gasteiger partial charge in [-0.2, -0.15) is 0 Å². The number of carbonyl (C=O) groups excluding carboxylic acids is 1. The Labute approximate surface area is 76.5 Å². The first kappa shape index (κ1) is 7.18. The summed E-state index contributed by atoms with van der Waals surface area (Å²) in [6.45, 7) is 0. The molecular formula is C7H3BrNOS. The molecule has 0 N–H and O–H groups in total. The van der Waals surface area contributed by atoms with Crippen molar-refractivity contribution < 1.29 is 4.79 Å². The van der Waals surface area contributed by atoms with Gasteiger partial charge in [0.15, 0.2) is 0 Å². The summed E-state index contributed by atoms with van der Waals surface area (Å²) in [5.74, 6) is 0. The zero-order valence-electron chi connectivity index (χ0n) is 5.37. The fourth-order valence-corrected chi connectivity index (χ4v) is 1.91. The number of fused-ring (bicyclic) bond motifs is 1. The quantitative estimate of drug-likeness (QED) is 0.684. The van der Waals surface area contributed by atoms with Crippen LogP contribution in [0.25, 0.3) is 0 Å². The normalized spacial score (nSPS) is 14.5. The van der Waals surface area contributed by atoms with Gasteiger partial charge >= 0.3 is 5.24 Å². The van der Waals surface area contributed by atoms with Crippen molar-refractivity contribution in [3.05, 3.63) is 22.7 Å². The molecule has 0 aromatic heterocycles. The highest BCUT2D eigenvalue weighted by Crippen LogP contribution is 2.36. The summed E-state index contributed by atoms with van der Waals surface area (Å²) in [6, 6.07) is 5.63. The van der Waals surface area contributed by atoms with Gasteiger partial charge in [0, 0.05) is 9.37 Å². The summed E-state index contributed by atoms with van der Waals surface area (Å²) < 4.78 is 0.954. The first-order valence-electron chi connectivity index (χ1n) is 2.99. The van der Waals surface area contributed by atoms with E-state index in [2.05, 4.69) is 21.2 Å². The zero-order valence-corrected chi connectivity index (χ0v) is 7.78. The number of amides is 1. The number of rotatable bonds is 0. The second-order valence-corrected chi connectivity index (χ2v) is 4.00. The maximum absolute atomic E-state index is 10.8. The summed E-state index contributed by atoms with van der Waals surface area (Å²) in [5, 5.41) is 3.68. The van der Waals surface area contributed by atoms with E-state index < -0.39 is 0 Å². The van der Waals surface area contributed by atoms with E-state index >= 15 is 0 Å². The van der Waals surface area contributed by atoms with E-state index in [1.165, 1.54) is 11.8 Å². The standard InChI is InChI=1S/C7H3BrNOS/c8-4-1-2-6-5(3-4)9-7(10)11-6/h1-3H. The third kappa shape index (κ3) is 1.28. The molecule has 0 saturated carbocycles. The van der Waals surface area contributed by atoms with Crippen molar-refractivity contribution in [1.82, 2.24) is 5.32 Å². The SMILES string of the molecule is O=C1[N]c2cc(Br)ccc2S1. The van der Waals surface area contributed by atoms with Gasteiger partial charge in [0.2, 0.25) is 0 Å². The van der Waals surface area contributed by atoms with Crippen LogP contribution in [0.4, 0.5) is 10.5 Å². The highest BCUT2D eigenvalue weighted by atomic mass is 79.9. The van der Waals surface area contributed by atoms with Crippen molar-refractivity contribution in [2.45, 2.75) is 4.90 Å². The zero-order chi connectivity index (χ0) is 7.84. The van der Waals surface area contributed by atoms with E-state index in [1.54, 1.807) is 0 Å². The van der Waals surface area contributed by atoms with Gasteiger partial charge in [-0.15, -0.1) is 0 Å². The molecule has 0 unspecified atom stereocenters. The van der Waals surface area contributed by atoms with Crippen LogP contribution < -0.4 is 5.32 Å². The van der Waals surface area contributed by atoms with Crippen LogP contribution in [0.15, 0.2) is 27.6 Å². The predicted octanol–water partition coefficient (Wildman–Crippen LogP) is 2.91. The van der Waals surface area contributed by atoms with Gasteiger partial charge in [-0.25, -0.2) is 5.32 Å². The van der Waals surface area contributed by atoms with E-state index in [-0.39, 0.29) is 5.24 Å². The molecule has 1 aliphatic rings. The van der Waals surface area contributed by atoms with Crippen molar-refractivity contribution in [3.8, 4) is 0 Å². The lowest BCUT2D eigenvalue weighted by molar-refractivity contribution is 0.264. The molecule has 11 heavy (non-hydrogen) atoms. The topological polar surface area (TPSA) is 31.2 Å². The molecule has 1 heterocycles. The molecule has 0 spiro atoms. The van der Waals surface area contributed by atoms with Crippen molar-refractivity contribution in [3.63, 3.8) is 0 Å². The minimum Gasteiger partial charge on any atom is -0.259 e. The van der Waals surface area contributed by atoms with E-state index in [0.717, 1.165) is 15.1 Å². The molecule has 1 aromatic carbocycles. The van der Waals surface area contributed by atoms with Gasteiger partial charge in [0.1, 0.15) is 0 Å². The molecule has 0 fully saturated rings. The Balaban J connectivity index is 2.51. The summed E-state index contributed by atoms with van der Waals surface area (Å²) in [6.07, 6.45) is 0. The van der Waals surface area contributed by atoms with Crippen LogP contribution in [0.5, 0.6) is 0 Å². The Morgan fingerprint density at radius 3 is 3.09 bits per heavy atom. The van der Waals surface area contributed by atoms with Crippen LogP contribution in [0, 0.1) is 0 Å². The molecular weight excluding hydrogens is 226 g/mol. The summed E-state index contributed by atoms with van der Waals surface area (Å²) >= 11 is 4.48. The van der Waals surface area contributed by atoms with Crippen molar-refractivity contribution >= 4 is 38.6 Å². The Bertz CT molecular complexity index is 326. The smallest absolute Gasteiger partial charge is 0.259 e. The molecule has 0 bridgehead atoms. The van der Waals surface area contributed by atoms with Crippen LogP contribution in [0.1, 0.15) is 0 Å². The molecule has 55 valence electrons. The van der Waals surface area contributed by atoms with E-state index in [4.69, 9.17) is 0 Å². The molecule has 2 nitrogen and oxygen atoms in total. The maximum Gasteiger partial charge on any atom is 0.310 e. The highest BCUT2D eigenvalue weighted by molar-refractivity contribution is 9.10. The summed E-state index contributed by atoms with van der Waals surface area (Å²) in [7, 11) is 0. The highest BCUT2D eigenvalue weighted by Gasteiger charge is 2.20. The Hall–Kier alpha value is -0.480. The monoisotopic (exact) mass is 228 g/mol. The molecule has 1 radical (unpaired) electrons. The van der Waals surface area contributed by atoms with Gasteiger partial charge in [-0.3, -0.25) is 4.79 Å². The third-order valence-electron chi connectivity index (χ3n) is 1.33. The van der Waals surface area contributed by atoms with Gasteiger partial charge in [0.05, 0.1) is 5.69 Å². The number of carbonyl (C=O) groups is 1. The Kier molecular flexibility index (Phi) is 1.65. The van der Waals surface area contributed by atoms with Gasteiger partial charge in [0.25, 0.3) is 0 Å². The third-order valence-corrected chi connectivity index (χ3v) is 2.65. The molecule has 0 saturated heterocycles. The summed E-state index contributed by atoms with van der Waals surface area (Å²) in [4.78, 5) is 11.7. The molecule has 4 heteroatoms. The van der Waals surface area contributed by atoms with E-state index in [1.807, 2.05) is 18.2 Å². The van der Waals surface area contributed by atoms with Crippen LogP contribution in [-0.4, -0.2) is 5.24 Å². The van der Waals surface area contributed by atoms with Crippen LogP contribution in [0.3, 0.4) is 0 Å². The molecule has 1 aliphatic heterocycles. The number of benzene rings is 1. The first-order valence-corrected chi connectivity index (χ1v) is 4.60. The maximum atomic E-state index is 10.8. The van der Waals surface area contributed by atoms with Crippen molar-refractivity contribution in [2.24, 2.45) is 0 Å². The number of halogens is 1. The number of nitrogens with zero attached hydrogens (tertiary/aromatic N) is 1. The minimum absolute atomic E-state index is 0.127. The molecule has 0 atom stereocenters. The fourth-order valence-electron chi connectivity index (χ4n) is 0.879. The largest absolute Gasteiger partial charge is 0.310 e. The van der Waals surface area contributed by atoms with Crippen LogP contribution in [0.2, 0.25) is 0 Å². The second kappa shape index (κ2) is 2.53. The first-order chi connectivity index (χ1) is 5.25.